The van der Waals surface area contributed by atoms with E-state index in [-0.39, 0.29) is 0 Å². The second-order valence-electron chi connectivity index (χ2n) is 7.22. The summed E-state index contributed by atoms with van der Waals surface area (Å²) in [4.78, 5) is 2.82. The van der Waals surface area contributed by atoms with Gasteiger partial charge in [-0.05, 0) is 43.7 Å². The van der Waals surface area contributed by atoms with Crippen molar-refractivity contribution in [2.45, 2.75) is 63.1 Å². The highest BCUT2D eigenvalue weighted by molar-refractivity contribution is 5.33. The molecule has 2 heteroatoms. The van der Waals surface area contributed by atoms with E-state index in [1.807, 2.05) is 0 Å². The van der Waals surface area contributed by atoms with Gasteiger partial charge >= 0.3 is 0 Å². The van der Waals surface area contributed by atoms with E-state index in [1.54, 1.807) is 11.1 Å². The van der Waals surface area contributed by atoms with Crippen LogP contribution in [0, 0.1) is 0 Å². The minimum atomic E-state index is 0.446. The highest BCUT2D eigenvalue weighted by atomic mass is 15.3. The van der Waals surface area contributed by atoms with Crippen LogP contribution in [0.4, 0.5) is 0 Å². The number of piperazine rings is 1. The topological polar surface area (TPSA) is 15.3 Å². The summed E-state index contributed by atoms with van der Waals surface area (Å²) in [6, 6.07) is 10.5. The van der Waals surface area contributed by atoms with Gasteiger partial charge < -0.3 is 5.32 Å². The molecule has 1 saturated heterocycles. The molecule has 1 heterocycles. The Morgan fingerprint density at radius 3 is 2.40 bits per heavy atom. The lowest BCUT2D eigenvalue weighted by Crippen LogP contribution is -2.64. The summed E-state index contributed by atoms with van der Waals surface area (Å²) in [5, 5.41) is 3.88. The minimum Gasteiger partial charge on any atom is -0.308 e. The Kier molecular flexibility index (Phi) is 3.12. The Morgan fingerprint density at radius 2 is 1.75 bits per heavy atom. The summed E-state index contributed by atoms with van der Waals surface area (Å²) in [5.74, 6) is 0. The number of nitrogens with zero attached hydrogens (tertiary/aromatic N) is 1. The molecule has 0 amide bonds. The minimum absolute atomic E-state index is 0.446. The Balaban J connectivity index is 1.53. The van der Waals surface area contributed by atoms with Crippen LogP contribution in [0.5, 0.6) is 0 Å². The van der Waals surface area contributed by atoms with Crippen LogP contribution in [-0.4, -0.2) is 35.6 Å². The molecular weight excluding hydrogens is 244 g/mol. The molecule has 1 aromatic carbocycles. The zero-order chi connectivity index (χ0) is 13.6. The van der Waals surface area contributed by atoms with E-state index in [9.17, 15) is 0 Å². The Morgan fingerprint density at radius 1 is 1.10 bits per heavy atom. The van der Waals surface area contributed by atoms with Crippen molar-refractivity contribution < 1.29 is 0 Å². The summed E-state index contributed by atoms with van der Waals surface area (Å²) < 4.78 is 0. The number of hydrogen-bond acceptors (Lipinski definition) is 2. The largest absolute Gasteiger partial charge is 0.308 e. The Hall–Kier alpha value is -0.860. The number of rotatable bonds is 1. The number of fused-ring (bicyclic) bond motifs is 1. The number of nitrogens with one attached hydrogen (secondary N) is 1. The molecule has 1 atom stereocenters. The molecule has 2 nitrogen and oxygen atoms in total. The van der Waals surface area contributed by atoms with Gasteiger partial charge in [-0.1, -0.05) is 37.1 Å². The molecular formula is C18H26N2. The maximum absolute atomic E-state index is 3.88. The van der Waals surface area contributed by atoms with Crippen LogP contribution in [0.15, 0.2) is 24.3 Å². The van der Waals surface area contributed by atoms with Gasteiger partial charge in [-0.15, -0.1) is 0 Å². The van der Waals surface area contributed by atoms with E-state index >= 15 is 0 Å². The first-order chi connectivity index (χ1) is 9.76. The van der Waals surface area contributed by atoms with Crippen molar-refractivity contribution in [2.24, 2.45) is 0 Å². The highest BCUT2D eigenvalue weighted by Crippen LogP contribution is 2.36. The lowest BCUT2D eigenvalue weighted by Gasteiger charge is -2.48. The zero-order valence-corrected chi connectivity index (χ0v) is 12.6. The van der Waals surface area contributed by atoms with E-state index in [4.69, 9.17) is 0 Å². The molecule has 1 unspecified atom stereocenters. The van der Waals surface area contributed by atoms with E-state index in [0.717, 1.165) is 6.04 Å². The summed E-state index contributed by atoms with van der Waals surface area (Å²) in [5.41, 5.74) is 3.62. The van der Waals surface area contributed by atoms with Gasteiger partial charge in [0.15, 0.2) is 0 Å². The summed E-state index contributed by atoms with van der Waals surface area (Å²) in [7, 11) is 0. The van der Waals surface area contributed by atoms with Gasteiger partial charge in [0.2, 0.25) is 0 Å². The molecule has 3 aliphatic rings. The van der Waals surface area contributed by atoms with Crippen LogP contribution in [0.3, 0.4) is 0 Å². The van der Waals surface area contributed by atoms with Gasteiger partial charge in [0, 0.05) is 30.7 Å². The fourth-order valence-corrected chi connectivity index (χ4v) is 4.69. The average molecular weight is 270 g/mol. The summed E-state index contributed by atoms with van der Waals surface area (Å²) >= 11 is 0. The molecule has 0 radical (unpaired) electrons. The standard InChI is InChI=1S/C18H26N2/c1-14-12-19-18(8-4-5-9-18)13-20(14)17-10-15-6-2-3-7-16(15)11-17/h2-3,6-7,14,17,19H,4-5,8-13H2,1H3. The van der Waals surface area contributed by atoms with E-state index in [2.05, 4.69) is 41.4 Å². The molecule has 108 valence electrons. The van der Waals surface area contributed by atoms with Crippen molar-refractivity contribution in [2.75, 3.05) is 13.1 Å². The van der Waals surface area contributed by atoms with Gasteiger partial charge in [0.25, 0.3) is 0 Å². The lowest BCUT2D eigenvalue weighted by molar-refractivity contribution is 0.0538. The predicted octanol–water partition coefficient (Wildman–Crippen LogP) is 2.76. The van der Waals surface area contributed by atoms with Gasteiger partial charge in [-0.2, -0.15) is 0 Å². The second-order valence-corrected chi connectivity index (χ2v) is 7.22. The third kappa shape index (κ3) is 2.10. The smallest absolute Gasteiger partial charge is 0.0309 e. The maximum Gasteiger partial charge on any atom is 0.0309 e. The molecule has 1 spiro atoms. The molecule has 0 bridgehead atoms. The monoisotopic (exact) mass is 270 g/mol. The third-order valence-corrected chi connectivity index (χ3v) is 5.88. The first-order valence-electron chi connectivity index (χ1n) is 8.33. The van der Waals surface area contributed by atoms with Crippen LogP contribution in [0.25, 0.3) is 0 Å². The zero-order valence-electron chi connectivity index (χ0n) is 12.6. The van der Waals surface area contributed by atoms with E-state index < -0.39 is 0 Å². The Bertz CT molecular complexity index is 465. The molecule has 0 aromatic heterocycles. The van der Waals surface area contributed by atoms with Crippen molar-refractivity contribution in [3.05, 3.63) is 35.4 Å². The Labute approximate surface area is 122 Å². The van der Waals surface area contributed by atoms with Crippen LogP contribution in [-0.2, 0) is 12.8 Å². The lowest BCUT2D eigenvalue weighted by atomic mass is 9.91. The molecule has 1 saturated carbocycles. The highest BCUT2D eigenvalue weighted by Gasteiger charge is 2.42. The summed E-state index contributed by atoms with van der Waals surface area (Å²) in [6.07, 6.45) is 8.12. The molecule has 1 aromatic rings. The molecule has 2 aliphatic carbocycles. The molecule has 1 aliphatic heterocycles. The normalized spacial score (nSPS) is 29.9. The average Bonchev–Trinajstić information content (AvgIpc) is 3.09. The molecule has 4 rings (SSSR count). The van der Waals surface area contributed by atoms with Crippen LogP contribution in [0.1, 0.15) is 43.7 Å². The number of hydrogen-bond donors (Lipinski definition) is 1. The molecule has 1 N–H and O–H groups in total. The predicted molar refractivity (Wildman–Crippen MR) is 83.0 cm³/mol. The molecule has 20 heavy (non-hydrogen) atoms. The van der Waals surface area contributed by atoms with Gasteiger partial charge in [-0.3, -0.25) is 4.90 Å². The van der Waals surface area contributed by atoms with Gasteiger partial charge in [0.05, 0.1) is 0 Å². The van der Waals surface area contributed by atoms with Crippen LogP contribution >= 0.6 is 0 Å². The van der Waals surface area contributed by atoms with Crippen molar-refractivity contribution >= 4 is 0 Å². The van der Waals surface area contributed by atoms with E-state index in [0.29, 0.717) is 11.6 Å². The second kappa shape index (κ2) is 4.85. The SMILES string of the molecule is CC1CNC2(CCCC2)CN1C1Cc2ccccc2C1. The first kappa shape index (κ1) is 12.8. The fourth-order valence-electron chi connectivity index (χ4n) is 4.69. The van der Waals surface area contributed by atoms with Crippen LogP contribution in [0.2, 0.25) is 0 Å². The quantitative estimate of drug-likeness (QED) is 0.844. The fraction of sp³-hybridized carbons (Fsp3) is 0.667. The third-order valence-electron chi connectivity index (χ3n) is 5.88. The number of benzene rings is 1. The van der Waals surface area contributed by atoms with Crippen molar-refractivity contribution in [1.29, 1.82) is 0 Å². The first-order valence-corrected chi connectivity index (χ1v) is 8.33. The van der Waals surface area contributed by atoms with Gasteiger partial charge in [-0.25, -0.2) is 0 Å². The van der Waals surface area contributed by atoms with Crippen LogP contribution < -0.4 is 5.32 Å². The maximum atomic E-state index is 3.88. The van der Waals surface area contributed by atoms with Crippen molar-refractivity contribution in [3.8, 4) is 0 Å². The summed E-state index contributed by atoms with van der Waals surface area (Å²) in [6.45, 7) is 4.84. The molecule has 2 fully saturated rings. The van der Waals surface area contributed by atoms with Crippen molar-refractivity contribution in [1.82, 2.24) is 10.2 Å². The van der Waals surface area contributed by atoms with E-state index in [1.165, 1.54) is 51.6 Å². The van der Waals surface area contributed by atoms with Crippen molar-refractivity contribution in [3.63, 3.8) is 0 Å². The van der Waals surface area contributed by atoms with Gasteiger partial charge in [0.1, 0.15) is 0 Å².